The zero-order chi connectivity index (χ0) is 30.7. The Morgan fingerprint density at radius 2 is 1.74 bits per heavy atom. The lowest BCUT2D eigenvalue weighted by molar-refractivity contribution is 0.00578. The first-order valence-corrected chi connectivity index (χ1v) is 16.7. The van der Waals surface area contributed by atoms with Crippen LogP contribution in [0.5, 0.6) is 11.8 Å². The third-order valence-corrected chi connectivity index (χ3v) is 9.69. The van der Waals surface area contributed by atoms with Crippen LogP contribution < -0.4 is 14.9 Å². The summed E-state index contributed by atoms with van der Waals surface area (Å²) in [6.45, 7) is 8.53. The molecule has 1 fully saturated rings. The van der Waals surface area contributed by atoms with E-state index in [1.807, 2.05) is 52.9 Å². The van der Waals surface area contributed by atoms with Gasteiger partial charge in [-0.05, 0) is 85.6 Å². The molecule has 5 aromatic rings. The maximum Gasteiger partial charge on any atom is 0.494 e. The number of rotatable bonds is 9. The van der Waals surface area contributed by atoms with Gasteiger partial charge >= 0.3 is 7.12 Å². The summed E-state index contributed by atoms with van der Waals surface area (Å²) in [5.74, 6) is 0.847. The third kappa shape index (κ3) is 5.51. The van der Waals surface area contributed by atoms with Crippen LogP contribution in [0.1, 0.15) is 34.1 Å². The van der Waals surface area contributed by atoms with Gasteiger partial charge in [0.2, 0.25) is 11.8 Å². The van der Waals surface area contributed by atoms with E-state index in [2.05, 4.69) is 49.1 Å². The SMILES string of the molecule is Cn1ncc(-c2ccc3[nH]nc(I)c3c2)c1OCCCOc1nn(S(C)(=O)=O)c2ccc(B3OC(C)(C)C(C)(C)O3)cc12. The van der Waals surface area contributed by atoms with E-state index >= 15 is 0 Å². The predicted molar refractivity (Wildman–Crippen MR) is 172 cm³/mol. The minimum absolute atomic E-state index is 0.211. The number of aromatic amines is 1. The Hall–Kier alpha value is -3.15. The first kappa shape index (κ1) is 29.9. The van der Waals surface area contributed by atoms with Crippen LogP contribution in [0.2, 0.25) is 0 Å². The average molecular weight is 718 g/mol. The van der Waals surface area contributed by atoms with Gasteiger partial charge < -0.3 is 18.8 Å². The van der Waals surface area contributed by atoms with E-state index in [4.69, 9.17) is 18.8 Å². The Bertz CT molecular complexity index is 1930. The molecule has 1 aliphatic rings. The predicted octanol–water partition coefficient (Wildman–Crippen LogP) is 3.87. The number of aryl methyl sites for hydroxylation is 1. The van der Waals surface area contributed by atoms with Crippen LogP contribution in [0.4, 0.5) is 0 Å². The van der Waals surface area contributed by atoms with Crippen molar-refractivity contribution in [3.8, 4) is 22.9 Å². The Balaban J connectivity index is 1.17. The topological polar surface area (TPSA) is 135 Å². The van der Waals surface area contributed by atoms with Gasteiger partial charge in [-0.1, -0.05) is 12.1 Å². The number of ether oxygens (including phenoxy) is 2. The highest BCUT2D eigenvalue weighted by Crippen LogP contribution is 2.37. The summed E-state index contributed by atoms with van der Waals surface area (Å²) in [5, 5.41) is 17.5. The van der Waals surface area contributed by atoms with E-state index in [9.17, 15) is 8.42 Å². The molecule has 0 bridgehead atoms. The molecule has 0 spiro atoms. The molecule has 43 heavy (non-hydrogen) atoms. The van der Waals surface area contributed by atoms with E-state index in [1.54, 1.807) is 23.0 Å². The quantitative estimate of drug-likeness (QED) is 0.137. The number of fused-ring (bicyclic) bond motifs is 2. The summed E-state index contributed by atoms with van der Waals surface area (Å²) in [5.41, 5.74) is 2.95. The normalized spacial score (nSPS) is 16.4. The molecule has 0 radical (unpaired) electrons. The van der Waals surface area contributed by atoms with E-state index in [0.29, 0.717) is 29.8 Å². The van der Waals surface area contributed by atoms with Crippen LogP contribution >= 0.6 is 22.6 Å². The Labute approximate surface area is 263 Å². The van der Waals surface area contributed by atoms with Gasteiger partial charge in [-0.25, -0.2) is 13.1 Å². The van der Waals surface area contributed by atoms with Crippen molar-refractivity contribution in [3.63, 3.8) is 0 Å². The lowest BCUT2D eigenvalue weighted by atomic mass is 9.78. The van der Waals surface area contributed by atoms with E-state index < -0.39 is 28.3 Å². The van der Waals surface area contributed by atoms with E-state index in [-0.39, 0.29) is 12.5 Å². The Morgan fingerprint density at radius 3 is 2.47 bits per heavy atom. The van der Waals surface area contributed by atoms with Gasteiger partial charge in [-0.3, -0.25) is 5.10 Å². The maximum absolute atomic E-state index is 12.5. The molecule has 4 heterocycles. The lowest BCUT2D eigenvalue weighted by Gasteiger charge is -2.32. The molecule has 15 heteroatoms. The van der Waals surface area contributed by atoms with Crippen molar-refractivity contribution < 1.29 is 27.2 Å². The molecule has 0 aliphatic carbocycles. The lowest BCUT2D eigenvalue weighted by Crippen LogP contribution is -2.41. The summed E-state index contributed by atoms with van der Waals surface area (Å²) in [7, 11) is -2.45. The maximum atomic E-state index is 12.5. The summed E-state index contributed by atoms with van der Waals surface area (Å²) < 4.78 is 53.1. The molecule has 6 rings (SSSR count). The summed E-state index contributed by atoms with van der Waals surface area (Å²) >= 11 is 2.20. The second-order valence-electron chi connectivity index (χ2n) is 11.6. The van der Waals surface area contributed by atoms with Crippen molar-refractivity contribution in [2.45, 2.75) is 45.3 Å². The van der Waals surface area contributed by atoms with Crippen molar-refractivity contribution in [1.82, 2.24) is 29.2 Å². The van der Waals surface area contributed by atoms with Crippen LogP contribution in [-0.2, 0) is 26.4 Å². The fourth-order valence-corrected chi connectivity index (χ4v) is 6.21. The number of H-pyrrole nitrogens is 1. The largest absolute Gasteiger partial charge is 0.494 e. The standard InChI is InChI=1S/C28H32BIN6O6S/c1-27(2)28(3,4)42-29(41-27)18-9-11-23-20(15-18)25(34-36(23)43(6,37)38)39-12-7-13-40-26-21(16-31-35(26)5)17-8-10-22-19(14-17)24(30)33-32-22/h8-11,14-16H,7,12-13H2,1-6H3,(H,32,33). The monoisotopic (exact) mass is 718 g/mol. The summed E-state index contributed by atoms with van der Waals surface area (Å²) in [6, 6.07) is 11.4. The first-order valence-electron chi connectivity index (χ1n) is 13.8. The molecule has 0 atom stereocenters. The van der Waals surface area contributed by atoms with Crippen LogP contribution in [0.25, 0.3) is 32.9 Å². The van der Waals surface area contributed by atoms with Gasteiger partial charge in [0.05, 0.1) is 58.9 Å². The molecule has 0 amide bonds. The van der Waals surface area contributed by atoms with Crippen molar-refractivity contribution >= 4 is 67.0 Å². The molecule has 1 N–H and O–H groups in total. The second kappa shape index (κ2) is 10.8. The van der Waals surface area contributed by atoms with Crippen LogP contribution in [-0.4, -0.2) is 75.4 Å². The molecule has 226 valence electrons. The Kier molecular flexibility index (Phi) is 7.50. The second-order valence-corrected chi connectivity index (χ2v) is 14.4. The fourth-order valence-electron chi connectivity index (χ4n) is 4.91. The van der Waals surface area contributed by atoms with Gasteiger partial charge in [0.1, 0.15) is 3.70 Å². The highest BCUT2D eigenvalue weighted by molar-refractivity contribution is 14.1. The van der Waals surface area contributed by atoms with E-state index in [1.165, 1.54) is 0 Å². The zero-order valence-electron chi connectivity index (χ0n) is 24.7. The van der Waals surface area contributed by atoms with E-state index in [0.717, 1.165) is 41.5 Å². The molecular formula is C28H32BIN6O6S. The minimum atomic E-state index is -3.67. The first-order chi connectivity index (χ1) is 20.2. The van der Waals surface area contributed by atoms with Crippen molar-refractivity contribution in [3.05, 3.63) is 46.3 Å². The molecule has 0 saturated carbocycles. The molecule has 1 aliphatic heterocycles. The number of hydrogen-bond donors (Lipinski definition) is 1. The van der Waals surface area contributed by atoms with Crippen molar-refractivity contribution in [1.29, 1.82) is 0 Å². The number of benzene rings is 2. The van der Waals surface area contributed by atoms with Gasteiger partial charge in [0, 0.05) is 18.9 Å². The number of nitrogens with zero attached hydrogens (tertiary/aromatic N) is 5. The third-order valence-electron chi connectivity index (χ3n) is 7.96. The number of aromatic nitrogens is 6. The minimum Gasteiger partial charge on any atom is -0.477 e. The van der Waals surface area contributed by atoms with Crippen LogP contribution in [0, 0.1) is 3.70 Å². The number of halogens is 1. The highest BCUT2D eigenvalue weighted by atomic mass is 127. The highest BCUT2D eigenvalue weighted by Gasteiger charge is 2.51. The summed E-state index contributed by atoms with van der Waals surface area (Å²) in [6.07, 6.45) is 3.41. The Morgan fingerprint density at radius 1 is 1.02 bits per heavy atom. The van der Waals surface area contributed by atoms with Crippen molar-refractivity contribution in [2.75, 3.05) is 19.5 Å². The molecule has 3 aromatic heterocycles. The van der Waals surface area contributed by atoms with Crippen molar-refractivity contribution in [2.24, 2.45) is 7.05 Å². The van der Waals surface area contributed by atoms with Crippen LogP contribution in [0.3, 0.4) is 0 Å². The zero-order valence-corrected chi connectivity index (χ0v) is 27.7. The smallest absolute Gasteiger partial charge is 0.477 e. The van der Waals surface area contributed by atoms with Gasteiger partial charge in [0.15, 0.2) is 0 Å². The number of nitrogens with one attached hydrogen (secondary N) is 1. The molecule has 12 nitrogen and oxygen atoms in total. The van der Waals surface area contributed by atoms with Gasteiger partial charge in [-0.2, -0.15) is 14.3 Å². The molecule has 1 saturated heterocycles. The van der Waals surface area contributed by atoms with Crippen LogP contribution in [0.15, 0.2) is 42.6 Å². The van der Waals surface area contributed by atoms with Gasteiger partial charge in [-0.15, -0.1) is 5.10 Å². The van der Waals surface area contributed by atoms with Gasteiger partial charge in [0.25, 0.3) is 10.0 Å². The average Bonchev–Trinajstić information content (AvgIpc) is 3.66. The number of hydrogen-bond acceptors (Lipinski definition) is 9. The summed E-state index contributed by atoms with van der Waals surface area (Å²) in [4.78, 5) is 0. The molecular weight excluding hydrogens is 686 g/mol. The molecule has 0 unspecified atom stereocenters. The molecule has 2 aromatic carbocycles. The fraction of sp³-hybridized carbons (Fsp3) is 0.393.